The van der Waals surface area contributed by atoms with E-state index in [4.69, 9.17) is 9.47 Å². The van der Waals surface area contributed by atoms with E-state index in [1.165, 1.54) is 21.6 Å². The lowest BCUT2D eigenvalue weighted by Gasteiger charge is -2.35. The second-order valence-electron chi connectivity index (χ2n) is 6.72. The van der Waals surface area contributed by atoms with Crippen molar-refractivity contribution in [3.05, 3.63) is 59.2 Å². The molecule has 2 atom stereocenters. The van der Waals surface area contributed by atoms with Gasteiger partial charge in [0.1, 0.15) is 12.6 Å². The lowest BCUT2D eigenvalue weighted by molar-refractivity contribution is -0.945. The van der Waals surface area contributed by atoms with Crippen LogP contribution in [0, 0.1) is 0 Å². The minimum Gasteiger partial charge on any atom is -0.493 e. The topological polar surface area (TPSA) is 52.0 Å². The number of hydrogen-bond acceptors (Lipinski definition) is 3. The number of methoxy groups -OCH3 is 2. The lowest BCUT2D eigenvalue weighted by Crippen LogP contribution is -3.12. The molecule has 138 valence electrons. The zero-order valence-electron chi connectivity index (χ0n) is 15.7. The summed E-state index contributed by atoms with van der Waals surface area (Å²) >= 11 is 0. The normalized spacial score (nSPS) is 18.7. The monoisotopic (exact) mass is 355 g/mol. The van der Waals surface area contributed by atoms with Crippen molar-refractivity contribution < 1.29 is 19.2 Å². The third-order valence-electron chi connectivity index (χ3n) is 5.06. The third kappa shape index (κ3) is 3.99. The highest BCUT2D eigenvalue weighted by atomic mass is 16.5. The second-order valence-corrected chi connectivity index (χ2v) is 6.72. The first kappa shape index (κ1) is 18.3. The summed E-state index contributed by atoms with van der Waals surface area (Å²) in [6.45, 7) is 4.12. The number of benzene rings is 2. The molecule has 2 aromatic rings. The van der Waals surface area contributed by atoms with Crippen molar-refractivity contribution in [2.24, 2.45) is 0 Å². The summed E-state index contributed by atoms with van der Waals surface area (Å²) in [5.74, 6) is 1.49. The molecule has 1 unspecified atom stereocenters. The van der Waals surface area contributed by atoms with Gasteiger partial charge in [-0.2, -0.15) is 0 Å². The Morgan fingerprint density at radius 2 is 1.85 bits per heavy atom. The molecule has 1 amide bonds. The van der Waals surface area contributed by atoms with Gasteiger partial charge in [0.25, 0.3) is 0 Å². The fraction of sp³-hybridized carbons (Fsp3) is 0.381. The largest absolute Gasteiger partial charge is 0.493 e. The average molecular weight is 355 g/mol. The van der Waals surface area contributed by atoms with Gasteiger partial charge < -0.3 is 19.7 Å². The zero-order chi connectivity index (χ0) is 18.5. The minimum absolute atomic E-state index is 0.00309. The molecular formula is C21H27N2O3+. The summed E-state index contributed by atoms with van der Waals surface area (Å²) in [4.78, 5) is 13.0. The number of nitrogens with one attached hydrogen (secondary N) is 2. The summed E-state index contributed by atoms with van der Waals surface area (Å²) in [6, 6.07) is 14.8. The maximum absolute atomic E-state index is 11.5. The smallest absolute Gasteiger partial charge is 0.217 e. The van der Waals surface area contributed by atoms with E-state index >= 15 is 0 Å². The standard InChI is InChI=1S/C21H26N2O3/c1-15(24)22-13-19-18-12-21(26-3)20(25-2)11-17(18)9-10-23(19)14-16-7-5-4-6-8-16/h4-8,11-12,19H,9-10,13-14H2,1-3H3,(H,22,24)/p+1/t19-/m0/s1. The van der Waals surface area contributed by atoms with E-state index in [1.807, 2.05) is 6.07 Å². The SMILES string of the molecule is COc1cc2c(cc1OC)[C@H](CNC(C)=O)[NH+](Cc1ccccc1)CC2. The van der Waals surface area contributed by atoms with Crippen LogP contribution >= 0.6 is 0 Å². The first-order chi connectivity index (χ1) is 12.6. The molecule has 0 radical (unpaired) electrons. The Labute approximate surface area is 154 Å². The maximum Gasteiger partial charge on any atom is 0.217 e. The molecule has 0 spiro atoms. The Morgan fingerprint density at radius 3 is 2.50 bits per heavy atom. The van der Waals surface area contributed by atoms with Crippen LogP contribution in [-0.2, 0) is 17.8 Å². The van der Waals surface area contributed by atoms with Crippen LogP contribution in [0.5, 0.6) is 11.5 Å². The third-order valence-corrected chi connectivity index (χ3v) is 5.06. The van der Waals surface area contributed by atoms with Crippen molar-refractivity contribution in [3.8, 4) is 11.5 Å². The van der Waals surface area contributed by atoms with Crippen LogP contribution in [0.1, 0.15) is 29.7 Å². The van der Waals surface area contributed by atoms with Crippen molar-refractivity contribution >= 4 is 5.91 Å². The molecule has 0 fully saturated rings. The van der Waals surface area contributed by atoms with Crippen LogP contribution in [0.25, 0.3) is 0 Å². The number of fused-ring (bicyclic) bond motifs is 1. The molecule has 0 aliphatic carbocycles. The van der Waals surface area contributed by atoms with Gasteiger partial charge in [0, 0.05) is 24.5 Å². The number of carbonyl (C=O) groups is 1. The van der Waals surface area contributed by atoms with Crippen LogP contribution in [-0.4, -0.2) is 33.2 Å². The van der Waals surface area contributed by atoms with E-state index in [2.05, 4.69) is 41.7 Å². The minimum atomic E-state index is -0.00309. The molecule has 0 saturated carbocycles. The second kappa shape index (κ2) is 8.23. The highest BCUT2D eigenvalue weighted by Crippen LogP contribution is 2.34. The highest BCUT2D eigenvalue weighted by Gasteiger charge is 2.32. The Bertz CT molecular complexity index is 761. The Hall–Kier alpha value is -2.53. The molecule has 0 aromatic heterocycles. The molecule has 26 heavy (non-hydrogen) atoms. The maximum atomic E-state index is 11.5. The number of amides is 1. The molecule has 5 nitrogen and oxygen atoms in total. The first-order valence-corrected chi connectivity index (χ1v) is 9.00. The molecule has 1 heterocycles. The van der Waals surface area contributed by atoms with Crippen molar-refractivity contribution in [3.63, 3.8) is 0 Å². The number of rotatable bonds is 6. The quantitative estimate of drug-likeness (QED) is 0.826. The van der Waals surface area contributed by atoms with E-state index in [9.17, 15) is 4.79 Å². The summed E-state index contributed by atoms with van der Waals surface area (Å²) in [5.41, 5.74) is 3.81. The van der Waals surface area contributed by atoms with Gasteiger partial charge in [0.2, 0.25) is 5.91 Å². The highest BCUT2D eigenvalue weighted by molar-refractivity contribution is 5.72. The van der Waals surface area contributed by atoms with E-state index in [1.54, 1.807) is 21.1 Å². The molecule has 5 heteroatoms. The molecule has 1 aliphatic heterocycles. The van der Waals surface area contributed by atoms with Crippen LogP contribution < -0.4 is 19.7 Å². The summed E-state index contributed by atoms with van der Waals surface area (Å²) in [7, 11) is 3.32. The van der Waals surface area contributed by atoms with Crippen molar-refractivity contribution in [2.45, 2.75) is 25.9 Å². The van der Waals surface area contributed by atoms with Gasteiger partial charge in [-0.15, -0.1) is 0 Å². The van der Waals surface area contributed by atoms with Gasteiger partial charge in [-0.3, -0.25) is 4.79 Å². The summed E-state index contributed by atoms with van der Waals surface area (Å²) < 4.78 is 11.0. The molecule has 3 rings (SSSR count). The molecule has 2 aromatic carbocycles. The van der Waals surface area contributed by atoms with Gasteiger partial charge in [0.05, 0.1) is 27.3 Å². The van der Waals surface area contributed by atoms with E-state index in [0.29, 0.717) is 6.54 Å². The van der Waals surface area contributed by atoms with E-state index in [-0.39, 0.29) is 11.9 Å². The Morgan fingerprint density at radius 1 is 1.15 bits per heavy atom. The number of quaternary nitrogens is 1. The van der Waals surface area contributed by atoms with Crippen LogP contribution in [0.2, 0.25) is 0 Å². The predicted molar refractivity (Wildman–Crippen MR) is 101 cm³/mol. The average Bonchev–Trinajstić information content (AvgIpc) is 2.66. The summed E-state index contributed by atoms with van der Waals surface area (Å²) in [5, 5.41) is 3.01. The Kier molecular flexibility index (Phi) is 5.78. The van der Waals surface area contributed by atoms with Crippen molar-refractivity contribution in [1.29, 1.82) is 0 Å². The van der Waals surface area contributed by atoms with Gasteiger partial charge >= 0.3 is 0 Å². The Balaban J connectivity index is 1.93. The molecule has 0 saturated heterocycles. The number of ether oxygens (including phenoxy) is 2. The zero-order valence-corrected chi connectivity index (χ0v) is 15.7. The van der Waals surface area contributed by atoms with Crippen LogP contribution in [0.3, 0.4) is 0 Å². The lowest BCUT2D eigenvalue weighted by atomic mass is 9.91. The first-order valence-electron chi connectivity index (χ1n) is 9.00. The number of hydrogen-bond donors (Lipinski definition) is 2. The van der Waals surface area contributed by atoms with Crippen molar-refractivity contribution in [1.82, 2.24) is 5.32 Å². The van der Waals surface area contributed by atoms with Gasteiger partial charge in [-0.25, -0.2) is 0 Å². The van der Waals surface area contributed by atoms with E-state index < -0.39 is 0 Å². The van der Waals surface area contributed by atoms with Gasteiger partial charge in [-0.05, 0) is 17.7 Å². The van der Waals surface area contributed by atoms with Gasteiger partial charge in [0.15, 0.2) is 11.5 Å². The molecule has 0 bridgehead atoms. The fourth-order valence-electron chi connectivity index (χ4n) is 3.74. The van der Waals surface area contributed by atoms with Crippen LogP contribution in [0.15, 0.2) is 42.5 Å². The van der Waals surface area contributed by atoms with E-state index in [0.717, 1.165) is 31.0 Å². The van der Waals surface area contributed by atoms with Gasteiger partial charge in [-0.1, -0.05) is 30.3 Å². The molecule has 2 N–H and O–H groups in total. The predicted octanol–water partition coefficient (Wildman–Crippen LogP) is 1.52. The van der Waals surface area contributed by atoms with Crippen LogP contribution in [0.4, 0.5) is 0 Å². The number of carbonyl (C=O) groups excluding carboxylic acids is 1. The van der Waals surface area contributed by atoms with Crippen molar-refractivity contribution in [2.75, 3.05) is 27.3 Å². The molecule has 1 aliphatic rings. The molecular weight excluding hydrogens is 328 g/mol. The summed E-state index contributed by atoms with van der Waals surface area (Å²) in [6.07, 6.45) is 0.981. The fourth-order valence-corrected chi connectivity index (χ4v) is 3.74.